The van der Waals surface area contributed by atoms with Crippen LogP contribution < -0.4 is 4.74 Å². The Morgan fingerprint density at radius 1 is 0.950 bits per heavy atom. The van der Waals surface area contributed by atoms with Crippen LogP contribution in [0, 0.1) is 33.6 Å². The lowest BCUT2D eigenvalue weighted by Crippen LogP contribution is -2.44. The molecule has 3 aromatic rings. The summed E-state index contributed by atoms with van der Waals surface area (Å²) in [6.45, 7) is 11.1. The number of ether oxygens (including phenoxy) is 1. The van der Waals surface area contributed by atoms with Crippen molar-refractivity contribution in [1.82, 2.24) is 9.21 Å². The van der Waals surface area contributed by atoms with Gasteiger partial charge in [0, 0.05) is 43.7 Å². The van der Waals surface area contributed by atoms with Crippen LogP contribution >= 0.6 is 23.2 Å². The van der Waals surface area contributed by atoms with Crippen molar-refractivity contribution in [2.75, 3.05) is 19.6 Å². The molecule has 214 valence electrons. The molecular formula is C31H36Cl2N2O4S. The monoisotopic (exact) mass is 602 g/mol. The Balaban J connectivity index is 1.46. The van der Waals surface area contributed by atoms with E-state index in [1.807, 2.05) is 69.9 Å². The number of para-hydroxylation sites is 1. The predicted molar refractivity (Wildman–Crippen MR) is 161 cm³/mol. The van der Waals surface area contributed by atoms with E-state index in [1.165, 1.54) is 0 Å². The van der Waals surface area contributed by atoms with Crippen LogP contribution in [0.3, 0.4) is 0 Å². The number of piperidine rings is 1. The molecular weight excluding hydrogens is 567 g/mol. The van der Waals surface area contributed by atoms with E-state index in [2.05, 4.69) is 0 Å². The van der Waals surface area contributed by atoms with Gasteiger partial charge < -0.3 is 9.64 Å². The Morgan fingerprint density at radius 2 is 1.57 bits per heavy atom. The average Bonchev–Trinajstić information content (AvgIpc) is 2.93. The van der Waals surface area contributed by atoms with Crippen LogP contribution in [0.2, 0.25) is 10.0 Å². The van der Waals surface area contributed by atoms with Gasteiger partial charge in [-0.05, 0) is 87.9 Å². The first-order valence-electron chi connectivity index (χ1n) is 13.5. The minimum absolute atomic E-state index is 0.0302. The van der Waals surface area contributed by atoms with Crippen molar-refractivity contribution in [1.29, 1.82) is 0 Å². The van der Waals surface area contributed by atoms with Gasteiger partial charge in [-0.3, -0.25) is 4.79 Å². The van der Waals surface area contributed by atoms with Crippen molar-refractivity contribution >= 4 is 39.1 Å². The Labute approximate surface area is 247 Å². The molecule has 40 heavy (non-hydrogen) atoms. The van der Waals surface area contributed by atoms with Gasteiger partial charge in [-0.25, -0.2) is 8.42 Å². The van der Waals surface area contributed by atoms with Crippen LogP contribution in [0.25, 0.3) is 0 Å². The van der Waals surface area contributed by atoms with Gasteiger partial charge in [0.15, 0.2) is 0 Å². The number of rotatable bonds is 8. The van der Waals surface area contributed by atoms with Crippen molar-refractivity contribution in [2.24, 2.45) is 5.92 Å². The quantitative estimate of drug-likeness (QED) is 0.268. The summed E-state index contributed by atoms with van der Waals surface area (Å²) in [5.74, 6) is 0.977. The second-order valence-electron chi connectivity index (χ2n) is 10.4. The van der Waals surface area contributed by atoms with Crippen LogP contribution in [0.4, 0.5) is 0 Å². The zero-order chi connectivity index (χ0) is 29.2. The zero-order valence-electron chi connectivity index (χ0n) is 23.6. The molecule has 3 aromatic carbocycles. The molecule has 0 N–H and O–H groups in total. The number of hydrogen-bond acceptors (Lipinski definition) is 4. The normalized spacial score (nSPS) is 14.8. The van der Waals surface area contributed by atoms with E-state index < -0.39 is 10.0 Å². The lowest BCUT2D eigenvalue weighted by atomic mass is 9.96. The zero-order valence-corrected chi connectivity index (χ0v) is 26.0. The van der Waals surface area contributed by atoms with Crippen LogP contribution in [0.5, 0.6) is 11.5 Å². The third kappa shape index (κ3) is 6.33. The summed E-state index contributed by atoms with van der Waals surface area (Å²) in [6, 6.07) is 14.7. The third-order valence-electron chi connectivity index (χ3n) is 7.84. The van der Waals surface area contributed by atoms with E-state index >= 15 is 0 Å². The number of sulfonamides is 1. The van der Waals surface area contributed by atoms with Crippen molar-refractivity contribution in [2.45, 2.75) is 58.9 Å². The van der Waals surface area contributed by atoms with Gasteiger partial charge in [0.05, 0.1) is 14.9 Å². The molecule has 6 nitrogen and oxygen atoms in total. The van der Waals surface area contributed by atoms with Crippen LogP contribution in [0.15, 0.2) is 53.4 Å². The number of aryl methyl sites for hydroxylation is 2. The second kappa shape index (κ2) is 12.5. The number of carbonyl (C=O) groups excluding carboxylic acids is 1. The number of amides is 1. The highest BCUT2D eigenvalue weighted by molar-refractivity contribution is 7.89. The number of nitrogens with zero attached hydrogens (tertiary/aromatic N) is 2. The smallest absolute Gasteiger partial charge is 0.243 e. The molecule has 9 heteroatoms. The van der Waals surface area contributed by atoms with Crippen LogP contribution in [-0.2, 0) is 21.4 Å². The van der Waals surface area contributed by atoms with Gasteiger partial charge in [0.1, 0.15) is 11.5 Å². The third-order valence-corrected chi connectivity index (χ3v) is 10.8. The number of halogens is 2. The highest BCUT2D eigenvalue weighted by Gasteiger charge is 2.35. The summed E-state index contributed by atoms with van der Waals surface area (Å²) in [5.41, 5.74) is 4.38. The van der Waals surface area contributed by atoms with Crippen molar-refractivity contribution in [3.63, 3.8) is 0 Å². The van der Waals surface area contributed by atoms with Crippen LogP contribution in [-0.4, -0.2) is 43.2 Å². The summed E-state index contributed by atoms with van der Waals surface area (Å²) in [4.78, 5) is 15.8. The predicted octanol–water partition coefficient (Wildman–Crippen LogP) is 7.47. The molecule has 1 amide bonds. The van der Waals surface area contributed by atoms with Crippen molar-refractivity contribution in [3.8, 4) is 11.5 Å². The van der Waals surface area contributed by atoms with E-state index in [0.29, 0.717) is 65.5 Å². The Kier molecular flexibility index (Phi) is 9.51. The lowest BCUT2D eigenvalue weighted by molar-refractivity contribution is -0.137. The van der Waals surface area contributed by atoms with Gasteiger partial charge in [0.25, 0.3) is 0 Å². The van der Waals surface area contributed by atoms with Gasteiger partial charge in [-0.2, -0.15) is 4.31 Å². The molecule has 0 bridgehead atoms. The summed E-state index contributed by atoms with van der Waals surface area (Å²) < 4.78 is 35.0. The minimum Gasteiger partial charge on any atom is -0.457 e. The summed E-state index contributed by atoms with van der Waals surface area (Å²) in [6.07, 6.45) is 0.970. The molecule has 0 aliphatic carbocycles. The first-order chi connectivity index (χ1) is 18.9. The largest absolute Gasteiger partial charge is 0.457 e. The summed E-state index contributed by atoms with van der Waals surface area (Å²) >= 11 is 12.2. The Bertz CT molecular complexity index is 1490. The molecule has 1 heterocycles. The molecule has 0 saturated carbocycles. The van der Waals surface area contributed by atoms with E-state index in [1.54, 1.807) is 22.5 Å². The number of benzene rings is 3. The highest BCUT2D eigenvalue weighted by atomic mass is 35.5. The molecule has 0 unspecified atom stereocenters. The molecule has 1 aliphatic rings. The molecule has 0 radical (unpaired) electrons. The minimum atomic E-state index is -3.66. The second-order valence-corrected chi connectivity index (χ2v) is 13.1. The maximum absolute atomic E-state index is 13.7. The molecule has 1 fully saturated rings. The topological polar surface area (TPSA) is 66.9 Å². The molecule has 0 spiro atoms. The SMILES string of the molecule is CCN(Cc1ccccc1Oc1ccc(Cl)c(Cl)c1)C(=O)C1CCN(S(=O)(=O)c2c(C)c(C)cc(C)c2C)CC1. The first-order valence-corrected chi connectivity index (χ1v) is 15.7. The molecule has 0 atom stereocenters. The van der Waals surface area contributed by atoms with Gasteiger partial charge in [-0.1, -0.05) is 47.5 Å². The maximum atomic E-state index is 13.7. The first kappa shape index (κ1) is 30.4. The number of carbonyl (C=O) groups is 1. The molecule has 1 aliphatic heterocycles. The van der Waals surface area contributed by atoms with Gasteiger partial charge in [0.2, 0.25) is 15.9 Å². The summed E-state index contributed by atoms with van der Waals surface area (Å²) in [5, 5.41) is 0.849. The fourth-order valence-electron chi connectivity index (χ4n) is 5.25. The molecule has 0 aromatic heterocycles. The molecule has 1 saturated heterocycles. The van der Waals surface area contributed by atoms with Gasteiger partial charge in [-0.15, -0.1) is 0 Å². The molecule has 4 rings (SSSR count). The van der Waals surface area contributed by atoms with Crippen molar-refractivity contribution < 1.29 is 17.9 Å². The Hall–Kier alpha value is -2.58. The number of hydrogen-bond donors (Lipinski definition) is 0. The van der Waals surface area contributed by atoms with Crippen molar-refractivity contribution in [3.05, 3.63) is 86.4 Å². The Morgan fingerprint density at radius 3 is 2.17 bits per heavy atom. The maximum Gasteiger partial charge on any atom is 0.243 e. The van der Waals surface area contributed by atoms with Crippen LogP contribution in [0.1, 0.15) is 47.6 Å². The highest BCUT2D eigenvalue weighted by Crippen LogP contribution is 2.33. The standard InChI is InChI=1S/C31H36Cl2N2O4S/c1-6-34(19-25-9-7-8-10-29(25)39-26-11-12-27(32)28(33)18-26)31(36)24-13-15-35(16-14-24)40(37,38)30-22(4)20(2)17-21(3)23(30)5/h7-12,17-18,24H,6,13-16,19H2,1-5H3. The lowest BCUT2D eigenvalue weighted by Gasteiger charge is -2.34. The van der Waals surface area contributed by atoms with Gasteiger partial charge >= 0.3 is 0 Å². The van der Waals surface area contributed by atoms with E-state index in [0.717, 1.165) is 27.8 Å². The summed E-state index contributed by atoms with van der Waals surface area (Å²) in [7, 11) is -3.66. The fraction of sp³-hybridized carbons (Fsp3) is 0.387. The van der Waals surface area contributed by atoms with E-state index in [9.17, 15) is 13.2 Å². The van der Waals surface area contributed by atoms with E-state index in [4.69, 9.17) is 27.9 Å². The fourth-order valence-corrected chi connectivity index (χ4v) is 7.58. The average molecular weight is 604 g/mol. The van der Waals surface area contributed by atoms with E-state index in [-0.39, 0.29) is 11.8 Å².